The Morgan fingerprint density at radius 2 is 1.69 bits per heavy atom. The molecular formula is C31H32N4O3S. The van der Waals surface area contributed by atoms with Crippen molar-refractivity contribution in [3.05, 3.63) is 117 Å². The largest absolute Gasteiger partial charge is 0.506 e. The minimum atomic E-state index is -0.781. The fourth-order valence-corrected chi connectivity index (χ4v) is 5.59. The highest BCUT2D eigenvalue weighted by atomic mass is 32.1. The Morgan fingerprint density at radius 3 is 2.51 bits per heavy atom. The van der Waals surface area contributed by atoms with E-state index in [0.717, 1.165) is 43.0 Å². The van der Waals surface area contributed by atoms with Gasteiger partial charge in [-0.25, -0.2) is 0 Å². The van der Waals surface area contributed by atoms with E-state index >= 15 is 0 Å². The van der Waals surface area contributed by atoms with Crippen molar-refractivity contribution in [3.63, 3.8) is 0 Å². The third-order valence-electron chi connectivity index (χ3n) is 6.76. The summed E-state index contributed by atoms with van der Waals surface area (Å²) >= 11 is 0.997. The average molecular weight is 541 g/mol. The zero-order valence-corrected chi connectivity index (χ0v) is 22.4. The first-order valence-electron chi connectivity index (χ1n) is 13.1. The molecule has 5 N–H and O–H groups in total. The normalized spacial score (nSPS) is 12.1. The molecular weight excluding hydrogens is 508 g/mol. The summed E-state index contributed by atoms with van der Waals surface area (Å²) < 4.78 is 0.591. The number of hydrogen-bond donors (Lipinski definition) is 5. The first-order valence-corrected chi connectivity index (χ1v) is 13.9. The molecule has 0 aliphatic heterocycles. The van der Waals surface area contributed by atoms with E-state index < -0.39 is 6.10 Å². The van der Waals surface area contributed by atoms with Crippen molar-refractivity contribution in [1.82, 2.24) is 20.6 Å². The average Bonchev–Trinajstić information content (AvgIpc) is 3.37. The van der Waals surface area contributed by atoms with Gasteiger partial charge in [-0.05, 0) is 53.4 Å². The highest BCUT2D eigenvalue weighted by Crippen LogP contribution is 2.31. The molecule has 2 heterocycles. The van der Waals surface area contributed by atoms with Crippen molar-refractivity contribution in [1.29, 1.82) is 0 Å². The lowest BCUT2D eigenvalue weighted by molar-refractivity contribution is 0.176. The van der Waals surface area contributed by atoms with E-state index in [1.165, 1.54) is 28.3 Å². The van der Waals surface area contributed by atoms with Gasteiger partial charge in [0.2, 0.25) is 0 Å². The second-order valence-electron chi connectivity index (χ2n) is 9.46. The molecule has 3 aromatic carbocycles. The topological polar surface area (TPSA) is 110 Å². The number of rotatable bonds is 12. The summed E-state index contributed by atoms with van der Waals surface area (Å²) in [5.74, 6) is 0.00945. The van der Waals surface area contributed by atoms with Crippen molar-refractivity contribution in [2.45, 2.75) is 25.5 Å². The van der Waals surface area contributed by atoms with Crippen LogP contribution in [0.3, 0.4) is 0 Å². The van der Waals surface area contributed by atoms with Crippen molar-refractivity contribution in [2.24, 2.45) is 0 Å². The van der Waals surface area contributed by atoms with Gasteiger partial charge in [0.1, 0.15) is 11.3 Å². The van der Waals surface area contributed by atoms with Crippen molar-refractivity contribution in [3.8, 4) is 16.9 Å². The van der Waals surface area contributed by atoms with Crippen LogP contribution in [0, 0.1) is 0 Å². The SMILES string of the molecule is O=c1[nH]c2c(O)ccc([C@@H](O)CNCCc3ccc(-c4ccccc4CNCCc4ccccn4)cc3)c2s1. The van der Waals surface area contributed by atoms with Crippen LogP contribution >= 0.6 is 11.3 Å². The molecule has 2 aromatic heterocycles. The molecule has 0 radical (unpaired) electrons. The number of nitrogens with one attached hydrogen (secondary N) is 3. The fraction of sp³-hybridized carbons (Fsp3) is 0.226. The number of thiazole rings is 1. The third-order valence-corrected chi connectivity index (χ3v) is 7.69. The molecule has 0 aliphatic carbocycles. The molecule has 200 valence electrons. The van der Waals surface area contributed by atoms with Gasteiger partial charge in [-0.15, -0.1) is 0 Å². The van der Waals surface area contributed by atoms with Crippen LogP contribution in [-0.4, -0.2) is 39.8 Å². The number of aliphatic hydroxyl groups excluding tert-OH is 1. The number of phenolic OH excluding ortho intramolecular Hbond substituents is 1. The summed E-state index contributed by atoms with van der Waals surface area (Å²) in [7, 11) is 0. The number of phenols is 1. The Kier molecular flexibility index (Phi) is 8.80. The summed E-state index contributed by atoms with van der Waals surface area (Å²) in [6.07, 6.45) is 2.77. The zero-order chi connectivity index (χ0) is 27.0. The van der Waals surface area contributed by atoms with E-state index in [4.69, 9.17) is 0 Å². The van der Waals surface area contributed by atoms with Crippen molar-refractivity contribution in [2.75, 3.05) is 19.6 Å². The molecule has 0 bridgehead atoms. The van der Waals surface area contributed by atoms with Gasteiger partial charge in [0, 0.05) is 43.5 Å². The van der Waals surface area contributed by atoms with Crippen LogP contribution in [0.5, 0.6) is 5.75 Å². The molecule has 1 atom stereocenters. The Balaban J connectivity index is 1.12. The number of aromatic hydroxyl groups is 1. The molecule has 39 heavy (non-hydrogen) atoms. The smallest absolute Gasteiger partial charge is 0.305 e. The molecule has 0 saturated carbocycles. The Bertz CT molecular complexity index is 1560. The second-order valence-corrected chi connectivity index (χ2v) is 10.4. The van der Waals surface area contributed by atoms with Gasteiger partial charge < -0.3 is 25.8 Å². The molecule has 5 aromatic rings. The molecule has 8 heteroatoms. The van der Waals surface area contributed by atoms with Crippen LogP contribution in [0.2, 0.25) is 0 Å². The van der Waals surface area contributed by atoms with Gasteiger partial charge in [0.25, 0.3) is 0 Å². The standard InChI is InChI=1S/C31H32N4O3S/c36-27-13-12-26(30-29(27)35-31(38)39-30)28(37)20-33-17-14-21-8-10-22(11-9-21)25-7-2-1-5-23(25)19-32-18-15-24-6-3-4-16-34-24/h1-13,16,28,32-33,36-37H,14-15,17-20H2,(H,35,38)/t28-/m0/s1. The monoisotopic (exact) mass is 540 g/mol. The minimum Gasteiger partial charge on any atom is -0.506 e. The van der Waals surface area contributed by atoms with Gasteiger partial charge >= 0.3 is 4.87 Å². The summed E-state index contributed by atoms with van der Waals surface area (Å²) in [4.78, 5) is 18.5. The van der Waals surface area contributed by atoms with Gasteiger partial charge in [-0.2, -0.15) is 0 Å². The summed E-state index contributed by atoms with van der Waals surface area (Å²) in [6.45, 7) is 2.72. The molecule has 0 fully saturated rings. The molecule has 0 unspecified atom stereocenters. The Labute approximate surface area is 231 Å². The summed E-state index contributed by atoms with van der Waals surface area (Å²) in [6, 6.07) is 26.3. The number of fused-ring (bicyclic) bond motifs is 1. The van der Waals surface area contributed by atoms with Crippen LogP contribution in [0.1, 0.15) is 28.5 Å². The van der Waals surface area contributed by atoms with Crippen molar-refractivity contribution < 1.29 is 10.2 Å². The first kappa shape index (κ1) is 26.8. The molecule has 0 amide bonds. The van der Waals surface area contributed by atoms with Gasteiger partial charge in [0.05, 0.1) is 10.8 Å². The Morgan fingerprint density at radius 1 is 0.897 bits per heavy atom. The predicted molar refractivity (Wildman–Crippen MR) is 157 cm³/mol. The maximum atomic E-state index is 11.7. The van der Waals surface area contributed by atoms with E-state index in [1.54, 1.807) is 6.07 Å². The van der Waals surface area contributed by atoms with Gasteiger partial charge in [0.15, 0.2) is 0 Å². The maximum Gasteiger partial charge on any atom is 0.305 e. The molecule has 7 nitrogen and oxygen atoms in total. The van der Waals surface area contributed by atoms with Crippen molar-refractivity contribution >= 4 is 21.6 Å². The van der Waals surface area contributed by atoms with E-state index in [-0.39, 0.29) is 10.6 Å². The third kappa shape index (κ3) is 6.79. The second kappa shape index (κ2) is 12.8. The molecule has 0 aliphatic rings. The quantitative estimate of drug-likeness (QED) is 0.149. The number of pyridine rings is 1. The number of H-pyrrole nitrogens is 1. The number of nitrogens with zero attached hydrogens (tertiary/aromatic N) is 1. The van der Waals surface area contributed by atoms with E-state index in [2.05, 4.69) is 75.2 Å². The van der Waals surface area contributed by atoms with Crippen LogP contribution < -0.4 is 15.5 Å². The molecule has 5 rings (SSSR count). The zero-order valence-electron chi connectivity index (χ0n) is 21.6. The highest BCUT2D eigenvalue weighted by molar-refractivity contribution is 7.16. The van der Waals surface area contributed by atoms with E-state index in [9.17, 15) is 15.0 Å². The number of hydrogen-bond acceptors (Lipinski definition) is 7. The lowest BCUT2D eigenvalue weighted by atomic mass is 9.98. The lowest BCUT2D eigenvalue weighted by Crippen LogP contribution is -2.23. The number of benzene rings is 3. The first-order chi connectivity index (χ1) is 19.1. The number of aromatic amines is 1. The summed E-state index contributed by atoms with van der Waals surface area (Å²) in [5.41, 5.74) is 6.99. The van der Waals surface area contributed by atoms with Gasteiger partial charge in [-0.1, -0.05) is 72.0 Å². The maximum absolute atomic E-state index is 11.7. The Hall–Kier alpha value is -3.82. The van der Waals surface area contributed by atoms with E-state index in [1.807, 2.05) is 18.3 Å². The minimum absolute atomic E-state index is 0.00945. The lowest BCUT2D eigenvalue weighted by Gasteiger charge is -2.14. The highest BCUT2D eigenvalue weighted by Gasteiger charge is 2.16. The predicted octanol–water partition coefficient (Wildman–Crippen LogP) is 4.56. The van der Waals surface area contributed by atoms with Crippen LogP contribution in [-0.2, 0) is 19.4 Å². The summed E-state index contributed by atoms with van der Waals surface area (Å²) in [5, 5.41) is 27.5. The van der Waals surface area contributed by atoms with Crippen LogP contribution in [0.4, 0.5) is 0 Å². The van der Waals surface area contributed by atoms with Crippen LogP contribution in [0.15, 0.2) is 89.9 Å². The number of aliphatic hydroxyl groups is 1. The van der Waals surface area contributed by atoms with E-state index in [0.29, 0.717) is 28.9 Å². The van der Waals surface area contributed by atoms with Crippen LogP contribution in [0.25, 0.3) is 21.3 Å². The number of aromatic nitrogens is 2. The van der Waals surface area contributed by atoms with Gasteiger partial charge in [-0.3, -0.25) is 9.78 Å². The fourth-order valence-electron chi connectivity index (χ4n) is 4.68. The molecule has 0 saturated heterocycles. The molecule has 0 spiro atoms.